The number of phenols is 1. The van der Waals surface area contributed by atoms with Crippen molar-refractivity contribution in [1.29, 1.82) is 0 Å². The molecule has 1 aromatic carbocycles. The number of rotatable bonds is 6. The fourth-order valence-electron chi connectivity index (χ4n) is 2.12. The van der Waals surface area contributed by atoms with E-state index in [0.29, 0.717) is 6.07 Å². The van der Waals surface area contributed by atoms with E-state index in [-0.39, 0.29) is 18.5 Å². The minimum absolute atomic E-state index is 0.0738. The summed E-state index contributed by atoms with van der Waals surface area (Å²) in [5.41, 5.74) is 5.13. The van der Waals surface area contributed by atoms with Crippen LogP contribution in [0.1, 0.15) is 37.0 Å². The van der Waals surface area contributed by atoms with E-state index in [1.54, 1.807) is 0 Å². The predicted octanol–water partition coefficient (Wildman–Crippen LogP) is 2.30. The van der Waals surface area contributed by atoms with E-state index in [9.17, 15) is 18.0 Å². The number of hydrogen-bond donors (Lipinski definition) is 3. The topological polar surface area (TPSA) is 75.3 Å². The molecular formula is C14H19F3N2O2. The molecule has 0 bridgehead atoms. The summed E-state index contributed by atoms with van der Waals surface area (Å²) in [4.78, 5) is 11.8. The molecule has 1 amide bonds. The number of carbonyl (C=O) groups excluding carboxylic acids is 1. The Kier molecular flexibility index (Phi) is 6.02. The van der Waals surface area contributed by atoms with E-state index in [2.05, 4.69) is 5.32 Å². The summed E-state index contributed by atoms with van der Waals surface area (Å²) in [5, 5.41) is 11.4. The Hall–Kier alpha value is -1.76. The Bertz CT molecular complexity index is 519. The third kappa shape index (κ3) is 3.87. The number of amides is 1. The molecule has 118 valence electrons. The van der Waals surface area contributed by atoms with Crippen molar-refractivity contribution in [3.05, 3.63) is 29.1 Å². The van der Waals surface area contributed by atoms with Crippen LogP contribution in [0.25, 0.3) is 0 Å². The molecule has 0 fully saturated rings. The molecule has 0 saturated heterocycles. The first-order chi connectivity index (χ1) is 9.83. The van der Waals surface area contributed by atoms with Crippen molar-refractivity contribution in [2.45, 2.75) is 32.7 Å². The van der Waals surface area contributed by atoms with Crippen molar-refractivity contribution in [3.8, 4) is 5.75 Å². The summed E-state index contributed by atoms with van der Waals surface area (Å²) in [7, 11) is 0. The zero-order valence-electron chi connectivity index (χ0n) is 11.9. The van der Waals surface area contributed by atoms with Crippen molar-refractivity contribution in [3.63, 3.8) is 0 Å². The number of hydrogen-bond acceptors (Lipinski definition) is 3. The van der Waals surface area contributed by atoms with Crippen molar-refractivity contribution in [2.24, 2.45) is 11.7 Å². The molecule has 0 heterocycles. The van der Waals surface area contributed by atoms with Gasteiger partial charge in [0, 0.05) is 12.6 Å². The number of carbonyl (C=O) groups is 1. The van der Waals surface area contributed by atoms with E-state index < -0.39 is 34.7 Å². The lowest BCUT2D eigenvalue weighted by molar-refractivity contribution is 0.0942. The maximum absolute atomic E-state index is 13.6. The first kappa shape index (κ1) is 17.3. The van der Waals surface area contributed by atoms with E-state index in [1.807, 2.05) is 13.8 Å². The normalized spacial score (nSPS) is 12.5. The summed E-state index contributed by atoms with van der Waals surface area (Å²) >= 11 is 0. The van der Waals surface area contributed by atoms with Gasteiger partial charge in [-0.15, -0.1) is 0 Å². The van der Waals surface area contributed by atoms with E-state index in [1.165, 1.54) is 0 Å². The van der Waals surface area contributed by atoms with Gasteiger partial charge in [0.15, 0.2) is 17.4 Å². The van der Waals surface area contributed by atoms with Crippen LogP contribution in [0.4, 0.5) is 13.2 Å². The number of nitrogens with two attached hydrogens (primary N) is 1. The zero-order valence-corrected chi connectivity index (χ0v) is 11.9. The lowest BCUT2D eigenvalue weighted by Crippen LogP contribution is -2.42. The van der Waals surface area contributed by atoms with Gasteiger partial charge in [-0.1, -0.05) is 26.7 Å². The fourth-order valence-corrected chi connectivity index (χ4v) is 2.12. The molecule has 1 rings (SSSR count). The van der Waals surface area contributed by atoms with Crippen molar-refractivity contribution in [2.75, 3.05) is 6.54 Å². The lowest BCUT2D eigenvalue weighted by atomic mass is 9.95. The van der Waals surface area contributed by atoms with Crippen LogP contribution in [-0.2, 0) is 0 Å². The highest BCUT2D eigenvalue weighted by Gasteiger charge is 2.23. The van der Waals surface area contributed by atoms with E-state index in [4.69, 9.17) is 10.8 Å². The van der Waals surface area contributed by atoms with Crippen molar-refractivity contribution in [1.82, 2.24) is 5.32 Å². The summed E-state index contributed by atoms with van der Waals surface area (Å²) < 4.78 is 39.6. The maximum atomic E-state index is 13.6. The quantitative estimate of drug-likeness (QED) is 0.706. The average molecular weight is 304 g/mol. The zero-order chi connectivity index (χ0) is 16.2. The predicted molar refractivity (Wildman–Crippen MR) is 72.4 cm³/mol. The number of benzene rings is 1. The molecule has 4 N–H and O–H groups in total. The van der Waals surface area contributed by atoms with Gasteiger partial charge in [0.05, 0.1) is 5.56 Å². The number of phenolic OH excluding ortho intramolecular Hbond substituents is 1. The monoisotopic (exact) mass is 304 g/mol. The highest BCUT2D eigenvalue weighted by Crippen LogP contribution is 2.25. The summed E-state index contributed by atoms with van der Waals surface area (Å²) in [6, 6.07) is 0.0773. The highest BCUT2D eigenvalue weighted by atomic mass is 19.2. The number of aromatic hydroxyl groups is 1. The van der Waals surface area contributed by atoms with Crippen LogP contribution < -0.4 is 11.1 Å². The van der Waals surface area contributed by atoms with Gasteiger partial charge < -0.3 is 16.2 Å². The summed E-state index contributed by atoms with van der Waals surface area (Å²) in [6.07, 6.45) is 1.65. The van der Waals surface area contributed by atoms with Gasteiger partial charge in [0.2, 0.25) is 5.82 Å². The molecule has 1 atom stereocenters. The maximum Gasteiger partial charge on any atom is 0.254 e. The second-order valence-corrected chi connectivity index (χ2v) is 4.83. The molecule has 0 aliphatic carbocycles. The summed E-state index contributed by atoms with van der Waals surface area (Å²) in [6.45, 7) is 4.00. The molecule has 21 heavy (non-hydrogen) atoms. The Labute approximate surface area is 121 Å². The van der Waals surface area contributed by atoms with Crippen LogP contribution >= 0.6 is 0 Å². The molecule has 0 aliphatic heterocycles. The molecule has 0 aromatic heterocycles. The van der Waals surface area contributed by atoms with Crippen LogP contribution in [0.3, 0.4) is 0 Å². The van der Waals surface area contributed by atoms with Gasteiger partial charge in [-0.05, 0) is 12.0 Å². The van der Waals surface area contributed by atoms with Gasteiger partial charge in [-0.3, -0.25) is 4.79 Å². The summed E-state index contributed by atoms with van der Waals surface area (Å²) in [5.74, 6) is -7.00. The van der Waals surface area contributed by atoms with Gasteiger partial charge in [0.1, 0.15) is 0 Å². The Morgan fingerprint density at radius 2 is 1.86 bits per heavy atom. The molecule has 7 heteroatoms. The second kappa shape index (κ2) is 7.31. The number of nitrogens with one attached hydrogen (secondary N) is 1. The highest BCUT2D eigenvalue weighted by molar-refractivity contribution is 5.95. The lowest BCUT2D eigenvalue weighted by Gasteiger charge is -2.21. The van der Waals surface area contributed by atoms with Gasteiger partial charge in [0.25, 0.3) is 5.91 Å². The van der Waals surface area contributed by atoms with Gasteiger partial charge >= 0.3 is 0 Å². The second-order valence-electron chi connectivity index (χ2n) is 4.83. The molecule has 0 aliphatic rings. The fraction of sp³-hybridized carbons (Fsp3) is 0.500. The van der Waals surface area contributed by atoms with Crippen LogP contribution in [0.5, 0.6) is 5.75 Å². The average Bonchev–Trinajstić information content (AvgIpc) is 2.47. The van der Waals surface area contributed by atoms with Crippen molar-refractivity contribution >= 4 is 5.91 Å². The molecule has 0 spiro atoms. The van der Waals surface area contributed by atoms with E-state index >= 15 is 0 Å². The van der Waals surface area contributed by atoms with Crippen LogP contribution in [0, 0.1) is 23.4 Å². The largest absolute Gasteiger partial charge is 0.503 e. The smallest absolute Gasteiger partial charge is 0.254 e. The standard InChI is InChI=1S/C14H19F3N2O2/c1-3-7(4-2)10(18)6-19-14(21)8-5-9(15)12(17)13(20)11(8)16/h5,7,10,20H,3-4,6,18H2,1-2H3,(H,19,21). The first-order valence-corrected chi connectivity index (χ1v) is 6.73. The third-order valence-corrected chi connectivity index (χ3v) is 3.53. The Balaban J connectivity index is 2.82. The third-order valence-electron chi connectivity index (χ3n) is 3.53. The molecule has 0 saturated carbocycles. The minimum Gasteiger partial charge on any atom is -0.503 e. The van der Waals surface area contributed by atoms with Crippen LogP contribution in [-0.4, -0.2) is 23.6 Å². The Morgan fingerprint density at radius 1 is 1.29 bits per heavy atom. The number of halogens is 3. The van der Waals surface area contributed by atoms with E-state index in [0.717, 1.165) is 12.8 Å². The van der Waals surface area contributed by atoms with Gasteiger partial charge in [-0.25, -0.2) is 8.78 Å². The molecule has 1 aromatic rings. The molecule has 4 nitrogen and oxygen atoms in total. The van der Waals surface area contributed by atoms with Crippen molar-refractivity contribution < 1.29 is 23.1 Å². The minimum atomic E-state index is -1.72. The van der Waals surface area contributed by atoms with Gasteiger partial charge in [-0.2, -0.15) is 4.39 Å². The van der Waals surface area contributed by atoms with Crippen LogP contribution in [0.15, 0.2) is 6.07 Å². The Morgan fingerprint density at radius 3 is 2.38 bits per heavy atom. The first-order valence-electron chi connectivity index (χ1n) is 6.73. The molecule has 0 radical (unpaired) electrons. The van der Waals surface area contributed by atoms with Crippen LogP contribution in [0.2, 0.25) is 0 Å². The molecule has 1 unspecified atom stereocenters. The molecular weight excluding hydrogens is 285 g/mol. The SMILES string of the molecule is CCC(CC)C(N)CNC(=O)c1cc(F)c(F)c(O)c1F.